The molecule has 5 nitrogen and oxygen atoms in total. The molecule has 1 aliphatic heterocycles. The Morgan fingerprint density at radius 1 is 1.11 bits per heavy atom. The summed E-state index contributed by atoms with van der Waals surface area (Å²) >= 11 is 5.87. The molecule has 3 aromatic rings. The zero-order valence-electron chi connectivity index (χ0n) is 15.5. The van der Waals surface area contributed by atoms with E-state index in [4.69, 9.17) is 16.3 Å². The molecule has 146 valence electrons. The number of rotatable bonds is 7. The van der Waals surface area contributed by atoms with Crippen LogP contribution in [-0.4, -0.2) is 41.1 Å². The number of hydrogen-bond acceptors (Lipinski definition) is 5. The second-order valence-electron chi connectivity index (χ2n) is 6.91. The topological polar surface area (TPSA) is 50.3 Å². The van der Waals surface area contributed by atoms with Gasteiger partial charge < -0.3 is 15.0 Å². The monoisotopic (exact) mass is 400 g/mol. The van der Waals surface area contributed by atoms with Gasteiger partial charge in [-0.3, -0.25) is 0 Å². The second kappa shape index (κ2) is 8.71. The Bertz CT molecular complexity index is 962. The van der Waals surface area contributed by atoms with E-state index in [1.165, 1.54) is 44.4 Å². The van der Waals surface area contributed by atoms with Gasteiger partial charge in [0.2, 0.25) is 0 Å². The number of likely N-dealkylation sites (tertiary alicyclic amines) is 1. The maximum absolute atomic E-state index is 13.4. The molecule has 0 aliphatic carbocycles. The summed E-state index contributed by atoms with van der Waals surface area (Å²) in [4.78, 5) is 11.1. The lowest BCUT2D eigenvalue weighted by Crippen LogP contribution is -2.21. The van der Waals surface area contributed by atoms with Crippen LogP contribution in [0.3, 0.4) is 0 Å². The van der Waals surface area contributed by atoms with Crippen LogP contribution >= 0.6 is 11.6 Å². The Hall–Kier alpha value is -2.44. The van der Waals surface area contributed by atoms with Gasteiger partial charge in [0.05, 0.1) is 17.1 Å². The number of hydrogen-bond donors (Lipinski definition) is 1. The minimum Gasteiger partial charge on any atom is -0.494 e. The van der Waals surface area contributed by atoms with E-state index in [0.717, 1.165) is 29.6 Å². The number of nitrogens with one attached hydrogen (secondary N) is 1. The molecule has 1 aliphatic rings. The average Bonchev–Trinajstić information content (AvgIpc) is 3.22. The van der Waals surface area contributed by atoms with Crippen LogP contribution in [0, 0.1) is 5.82 Å². The van der Waals surface area contributed by atoms with Crippen molar-refractivity contribution in [1.82, 2.24) is 14.9 Å². The number of ether oxygens (including phenoxy) is 1. The van der Waals surface area contributed by atoms with Crippen molar-refractivity contribution < 1.29 is 9.13 Å². The first-order valence-electron chi connectivity index (χ1n) is 9.51. The van der Waals surface area contributed by atoms with Crippen LogP contribution in [0.1, 0.15) is 19.3 Å². The number of halogens is 2. The number of anilines is 2. The van der Waals surface area contributed by atoms with Crippen LogP contribution in [0.5, 0.6) is 5.75 Å². The van der Waals surface area contributed by atoms with E-state index in [0.29, 0.717) is 18.1 Å². The fourth-order valence-corrected chi connectivity index (χ4v) is 3.60. The molecule has 1 fully saturated rings. The minimum atomic E-state index is -0.454. The highest BCUT2D eigenvalue weighted by Crippen LogP contribution is 2.28. The molecule has 0 unspecified atom stereocenters. The molecular formula is C21H22ClFN4O. The fourth-order valence-electron chi connectivity index (χ4n) is 3.42. The lowest BCUT2D eigenvalue weighted by Gasteiger charge is -2.15. The molecule has 0 saturated carbocycles. The van der Waals surface area contributed by atoms with E-state index in [-0.39, 0.29) is 5.02 Å². The normalized spacial score (nSPS) is 14.5. The quantitative estimate of drug-likeness (QED) is 0.563. The molecule has 7 heteroatoms. The number of benzene rings is 2. The molecule has 2 aromatic carbocycles. The van der Waals surface area contributed by atoms with Gasteiger partial charge in [-0.05, 0) is 68.8 Å². The maximum atomic E-state index is 13.4. The Balaban J connectivity index is 1.46. The minimum absolute atomic E-state index is 0.0605. The van der Waals surface area contributed by atoms with Crippen LogP contribution in [0.4, 0.5) is 15.9 Å². The molecular weight excluding hydrogens is 379 g/mol. The predicted molar refractivity (Wildman–Crippen MR) is 110 cm³/mol. The zero-order valence-corrected chi connectivity index (χ0v) is 16.3. The standard InChI is InChI=1S/C21H22ClFN4O/c22-18-12-15(4-6-19(18)23)26-21-17-13-16(5-7-20(17)24-14-25-21)28-11-3-10-27-8-1-2-9-27/h4-7,12-14H,1-3,8-11H2,(H,24,25,26). The molecule has 2 heterocycles. The van der Waals surface area contributed by atoms with E-state index in [9.17, 15) is 4.39 Å². The zero-order chi connectivity index (χ0) is 19.3. The average molecular weight is 401 g/mol. The van der Waals surface area contributed by atoms with Gasteiger partial charge >= 0.3 is 0 Å². The lowest BCUT2D eigenvalue weighted by molar-refractivity contribution is 0.263. The van der Waals surface area contributed by atoms with E-state index >= 15 is 0 Å². The lowest BCUT2D eigenvalue weighted by atomic mass is 10.2. The maximum Gasteiger partial charge on any atom is 0.141 e. The summed E-state index contributed by atoms with van der Waals surface area (Å²) in [6.07, 6.45) is 5.11. The first-order valence-corrected chi connectivity index (χ1v) is 9.89. The summed E-state index contributed by atoms with van der Waals surface area (Å²) in [5, 5.41) is 4.08. The van der Waals surface area contributed by atoms with Crippen molar-refractivity contribution in [3.63, 3.8) is 0 Å². The molecule has 0 atom stereocenters. The van der Waals surface area contributed by atoms with Crippen molar-refractivity contribution in [1.29, 1.82) is 0 Å². The number of aromatic nitrogens is 2. The summed E-state index contributed by atoms with van der Waals surface area (Å²) < 4.78 is 19.3. The van der Waals surface area contributed by atoms with E-state index in [2.05, 4.69) is 20.2 Å². The highest BCUT2D eigenvalue weighted by Gasteiger charge is 2.11. The molecule has 0 bridgehead atoms. The molecule has 1 saturated heterocycles. The largest absolute Gasteiger partial charge is 0.494 e. The van der Waals surface area contributed by atoms with E-state index in [1.807, 2.05) is 18.2 Å². The molecule has 1 aromatic heterocycles. The van der Waals surface area contributed by atoms with E-state index in [1.54, 1.807) is 6.07 Å². The van der Waals surface area contributed by atoms with Gasteiger partial charge in [0, 0.05) is 17.6 Å². The smallest absolute Gasteiger partial charge is 0.141 e. The molecule has 0 amide bonds. The SMILES string of the molecule is Fc1ccc(Nc2ncnc3ccc(OCCCN4CCCC4)cc23)cc1Cl. The second-order valence-corrected chi connectivity index (χ2v) is 7.31. The molecule has 1 N–H and O–H groups in total. The summed E-state index contributed by atoms with van der Waals surface area (Å²) in [5.74, 6) is 0.948. The summed E-state index contributed by atoms with van der Waals surface area (Å²) in [7, 11) is 0. The summed E-state index contributed by atoms with van der Waals surface area (Å²) in [6, 6.07) is 10.2. The molecule has 4 rings (SSSR count). The Labute approximate surface area is 168 Å². The fraction of sp³-hybridized carbons (Fsp3) is 0.333. The van der Waals surface area contributed by atoms with Crippen LogP contribution in [0.25, 0.3) is 10.9 Å². The first kappa shape index (κ1) is 18.9. The Morgan fingerprint density at radius 3 is 2.79 bits per heavy atom. The van der Waals surface area contributed by atoms with Gasteiger partial charge in [0.1, 0.15) is 23.7 Å². The summed E-state index contributed by atoms with van der Waals surface area (Å²) in [5.41, 5.74) is 1.46. The number of nitrogens with zero attached hydrogens (tertiary/aromatic N) is 3. The highest BCUT2D eigenvalue weighted by molar-refractivity contribution is 6.31. The van der Waals surface area contributed by atoms with Crippen LogP contribution in [-0.2, 0) is 0 Å². The number of fused-ring (bicyclic) bond motifs is 1. The van der Waals surface area contributed by atoms with Crippen molar-refractivity contribution in [2.24, 2.45) is 0 Å². The third kappa shape index (κ3) is 4.51. The van der Waals surface area contributed by atoms with Gasteiger partial charge in [-0.25, -0.2) is 14.4 Å². The van der Waals surface area contributed by atoms with Crippen molar-refractivity contribution in [3.8, 4) is 5.75 Å². The first-order chi connectivity index (χ1) is 13.7. The highest BCUT2D eigenvalue weighted by atomic mass is 35.5. The van der Waals surface area contributed by atoms with Crippen LogP contribution in [0.15, 0.2) is 42.7 Å². The molecule has 28 heavy (non-hydrogen) atoms. The third-order valence-corrected chi connectivity index (χ3v) is 5.16. The van der Waals surface area contributed by atoms with Crippen molar-refractivity contribution in [2.45, 2.75) is 19.3 Å². The predicted octanol–water partition coefficient (Wildman–Crippen LogP) is 5.03. The van der Waals surface area contributed by atoms with Crippen LogP contribution in [0.2, 0.25) is 5.02 Å². The Kier molecular flexibility index (Phi) is 5.88. The van der Waals surface area contributed by atoms with Gasteiger partial charge in [-0.15, -0.1) is 0 Å². The van der Waals surface area contributed by atoms with Gasteiger partial charge in [0.15, 0.2) is 0 Å². The molecule has 0 radical (unpaired) electrons. The van der Waals surface area contributed by atoms with Crippen molar-refractivity contribution in [3.05, 3.63) is 53.6 Å². The van der Waals surface area contributed by atoms with Crippen molar-refractivity contribution >= 4 is 34.0 Å². The van der Waals surface area contributed by atoms with Crippen molar-refractivity contribution in [2.75, 3.05) is 31.6 Å². The summed E-state index contributed by atoms with van der Waals surface area (Å²) in [6.45, 7) is 4.16. The third-order valence-electron chi connectivity index (χ3n) is 4.88. The van der Waals surface area contributed by atoms with Gasteiger partial charge in [-0.1, -0.05) is 11.6 Å². The van der Waals surface area contributed by atoms with Gasteiger partial charge in [0.25, 0.3) is 0 Å². The Morgan fingerprint density at radius 2 is 1.96 bits per heavy atom. The van der Waals surface area contributed by atoms with Gasteiger partial charge in [-0.2, -0.15) is 0 Å². The van der Waals surface area contributed by atoms with E-state index < -0.39 is 5.82 Å². The molecule has 0 spiro atoms. The van der Waals surface area contributed by atoms with Crippen LogP contribution < -0.4 is 10.1 Å².